The molecular formula is C15H17BrN2O2. The van der Waals surface area contributed by atoms with E-state index in [1.54, 1.807) is 6.92 Å². The van der Waals surface area contributed by atoms with Crippen molar-refractivity contribution in [2.75, 3.05) is 18.0 Å². The van der Waals surface area contributed by atoms with E-state index in [0.29, 0.717) is 12.1 Å². The predicted molar refractivity (Wildman–Crippen MR) is 81.0 cm³/mol. The van der Waals surface area contributed by atoms with Crippen molar-refractivity contribution in [3.05, 3.63) is 28.2 Å². The molecule has 20 heavy (non-hydrogen) atoms. The number of nitrogens with one attached hydrogen (secondary N) is 1. The molecule has 0 bridgehead atoms. The first-order valence-corrected chi connectivity index (χ1v) is 7.72. The molecule has 3 rings (SSSR count). The fourth-order valence-electron chi connectivity index (χ4n) is 3.21. The largest absolute Gasteiger partial charge is 0.365 e. The lowest BCUT2D eigenvalue weighted by atomic mass is 9.91. The maximum Gasteiger partial charge on any atom is 0.225 e. The molecular weight excluding hydrogens is 320 g/mol. The smallest absolute Gasteiger partial charge is 0.225 e. The molecule has 2 atom stereocenters. The number of rotatable bonds is 2. The van der Waals surface area contributed by atoms with E-state index in [0.717, 1.165) is 29.5 Å². The highest BCUT2D eigenvalue weighted by Gasteiger charge is 2.41. The molecule has 106 valence electrons. The molecule has 5 heteroatoms. The van der Waals surface area contributed by atoms with Crippen LogP contribution in [0.15, 0.2) is 22.7 Å². The van der Waals surface area contributed by atoms with Crippen LogP contribution in [-0.2, 0) is 4.79 Å². The van der Waals surface area contributed by atoms with Gasteiger partial charge in [0.2, 0.25) is 5.91 Å². The van der Waals surface area contributed by atoms with E-state index in [2.05, 4.69) is 26.1 Å². The Bertz CT molecular complexity index is 573. The van der Waals surface area contributed by atoms with Crippen LogP contribution in [0.25, 0.3) is 0 Å². The van der Waals surface area contributed by atoms with Crippen LogP contribution in [0.5, 0.6) is 0 Å². The maximum atomic E-state index is 11.8. The van der Waals surface area contributed by atoms with E-state index in [-0.39, 0.29) is 23.7 Å². The van der Waals surface area contributed by atoms with Gasteiger partial charge in [-0.1, -0.05) is 0 Å². The normalized spacial score (nSPS) is 25.3. The van der Waals surface area contributed by atoms with Gasteiger partial charge < -0.3 is 10.2 Å². The summed E-state index contributed by atoms with van der Waals surface area (Å²) in [5.74, 6) is 0.339. The minimum atomic E-state index is 0.0616. The first-order chi connectivity index (χ1) is 9.58. The second-order valence-corrected chi connectivity index (χ2v) is 6.33. The summed E-state index contributed by atoms with van der Waals surface area (Å²) in [5, 5.41) is 2.96. The van der Waals surface area contributed by atoms with Crippen molar-refractivity contribution >= 4 is 33.3 Å². The molecule has 0 aromatic heterocycles. The van der Waals surface area contributed by atoms with Gasteiger partial charge in [0, 0.05) is 23.1 Å². The van der Waals surface area contributed by atoms with Crippen LogP contribution < -0.4 is 10.2 Å². The number of piperidine rings is 1. The van der Waals surface area contributed by atoms with Gasteiger partial charge in [-0.3, -0.25) is 9.59 Å². The van der Waals surface area contributed by atoms with Crippen LogP contribution in [0.1, 0.15) is 30.1 Å². The second-order valence-electron chi connectivity index (χ2n) is 5.48. The quantitative estimate of drug-likeness (QED) is 0.843. The van der Waals surface area contributed by atoms with Crippen LogP contribution in [0, 0.1) is 5.92 Å². The van der Waals surface area contributed by atoms with Crippen LogP contribution in [-0.4, -0.2) is 30.8 Å². The Kier molecular flexibility index (Phi) is 3.54. The number of carbonyl (C=O) groups is 2. The second kappa shape index (κ2) is 5.20. The van der Waals surface area contributed by atoms with Gasteiger partial charge >= 0.3 is 0 Å². The summed E-state index contributed by atoms with van der Waals surface area (Å²) in [7, 11) is 0. The number of halogens is 1. The molecule has 0 radical (unpaired) electrons. The number of benzene rings is 1. The number of hydrogen-bond donors (Lipinski definition) is 1. The third-order valence-electron chi connectivity index (χ3n) is 4.26. The van der Waals surface area contributed by atoms with Crippen LogP contribution >= 0.6 is 15.9 Å². The van der Waals surface area contributed by atoms with Gasteiger partial charge in [-0.25, -0.2) is 0 Å². The zero-order chi connectivity index (χ0) is 14.3. The van der Waals surface area contributed by atoms with Gasteiger partial charge in [-0.2, -0.15) is 0 Å². The van der Waals surface area contributed by atoms with E-state index >= 15 is 0 Å². The standard InChI is InChI=1S/C15H17BrN2O2/c1-9(19)10-4-5-13(12(16)7-10)18-6-2-3-11-14(18)8-17-15(11)20/h4-5,7,11,14H,2-3,6,8H2,1H3,(H,17,20). The average molecular weight is 337 g/mol. The van der Waals surface area contributed by atoms with Crippen molar-refractivity contribution in [2.45, 2.75) is 25.8 Å². The highest BCUT2D eigenvalue weighted by molar-refractivity contribution is 9.10. The molecule has 2 aliphatic heterocycles. The first-order valence-electron chi connectivity index (χ1n) is 6.93. The molecule has 1 aromatic rings. The number of ketones is 1. The molecule has 4 nitrogen and oxygen atoms in total. The van der Waals surface area contributed by atoms with E-state index in [4.69, 9.17) is 0 Å². The molecule has 1 aromatic carbocycles. The Morgan fingerprint density at radius 3 is 2.95 bits per heavy atom. The van der Waals surface area contributed by atoms with E-state index in [9.17, 15) is 9.59 Å². The van der Waals surface area contributed by atoms with E-state index in [1.165, 1.54) is 0 Å². The summed E-state index contributed by atoms with van der Waals surface area (Å²) in [4.78, 5) is 25.5. The molecule has 0 spiro atoms. The number of fused-ring (bicyclic) bond motifs is 1. The molecule has 1 amide bonds. The highest BCUT2D eigenvalue weighted by atomic mass is 79.9. The number of hydrogen-bond acceptors (Lipinski definition) is 3. The Morgan fingerprint density at radius 2 is 2.25 bits per heavy atom. The minimum absolute atomic E-state index is 0.0616. The lowest BCUT2D eigenvalue weighted by Crippen LogP contribution is -2.45. The third kappa shape index (κ3) is 2.24. The number of Topliss-reactive ketones (excluding diaryl/α,β-unsaturated/α-hetero) is 1. The van der Waals surface area contributed by atoms with Gasteiger partial charge in [0.25, 0.3) is 0 Å². The lowest BCUT2D eigenvalue weighted by Gasteiger charge is -2.38. The zero-order valence-corrected chi connectivity index (χ0v) is 12.9. The Hall–Kier alpha value is -1.36. The number of amides is 1. The van der Waals surface area contributed by atoms with Crippen molar-refractivity contribution in [3.8, 4) is 0 Å². The SMILES string of the molecule is CC(=O)c1ccc(N2CCCC3C(=O)NCC32)c(Br)c1. The van der Waals surface area contributed by atoms with Gasteiger partial charge in [0.05, 0.1) is 17.6 Å². The summed E-state index contributed by atoms with van der Waals surface area (Å²) in [6.07, 6.45) is 1.99. The predicted octanol–water partition coefficient (Wildman–Crippen LogP) is 2.37. The van der Waals surface area contributed by atoms with Gasteiger partial charge in [0.1, 0.15) is 0 Å². The van der Waals surface area contributed by atoms with Crippen molar-refractivity contribution in [1.29, 1.82) is 0 Å². The van der Waals surface area contributed by atoms with Gasteiger partial charge in [0.15, 0.2) is 5.78 Å². The molecule has 0 saturated carbocycles. The van der Waals surface area contributed by atoms with Crippen molar-refractivity contribution in [2.24, 2.45) is 5.92 Å². The summed E-state index contributed by atoms with van der Waals surface area (Å²) in [5.41, 5.74) is 1.77. The van der Waals surface area contributed by atoms with Crippen molar-refractivity contribution in [3.63, 3.8) is 0 Å². The number of carbonyl (C=O) groups excluding carboxylic acids is 2. The zero-order valence-electron chi connectivity index (χ0n) is 11.4. The minimum Gasteiger partial charge on any atom is -0.365 e. The van der Waals surface area contributed by atoms with Gasteiger partial charge in [-0.15, -0.1) is 0 Å². The molecule has 2 unspecified atom stereocenters. The van der Waals surface area contributed by atoms with Crippen molar-refractivity contribution < 1.29 is 9.59 Å². The van der Waals surface area contributed by atoms with Crippen LogP contribution in [0.2, 0.25) is 0 Å². The number of nitrogens with zero attached hydrogens (tertiary/aromatic N) is 1. The first kappa shape index (κ1) is 13.6. The monoisotopic (exact) mass is 336 g/mol. The Morgan fingerprint density at radius 1 is 1.45 bits per heavy atom. The van der Waals surface area contributed by atoms with Crippen LogP contribution in [0.4, 0.5) is 5.69 Å². The Labute approximate surface area is 126 Å². The molecule has 2 fully saturated rings. The molecule has 1 N–H and O–H groups in total. The van der Waals surface area contributed by atoms with Crippen molar-refractivity contribution in [1.82, 2.24) is 5.32 Å². The topological polar surface area (TPSA) is 49.4 Å². The summed E-state index contributed by atoms with van der Waals surface area (Å²) >= 11 is 3.56. The molecule has 2 saturated heterocycles. The summed E-state index contributed by atoms with van der Waals surface area (Å²) in [6.45, 7) is 3.23. The van der Waals surface area contributed by atoms with Gasteiger partial charge in [-0.05, 0) is 53.9 Å². The van der Waals surface area contributed by atoms with E-state index < -0.39 is 0 Å². The fraction of sp³-hybridized carbons (Fsp3) is 0.467. The van der Waals surface area contributed by atoms with Crippen LogP contribution in [0.3, 0.4) is 0 Å². The summed E-state index contributed by atoms with van der Waals surface area (Å²) in [6, 6.07) is 5.93. The lowest BCUT2D eigenvalue weighted by molar-refractivity contribution is -0.122. The summed E-state index contributed by atoms with van der Waals surface area (Å²) < 4.78 is 0.921. The molecule has 0 aliphatic carbocycles. The Balaban J connectivity index is 1.92. The third-order valence-corrected chi connectivity index (χ3v) is 4.90. The maximum absolute atomic E-state index is 11.8. The fourth-order valence-corrected chi connectivity index (χ4v) is 3.82. The molecule has 2 aliphatic rings. The highest BCUT2D eigenvalue weighted by Crippen LogP contribution is 2.35. The number of anilines is 1. The average Bonchev–Trinajstić information content (AvgIpc) is 2.81. The van der Waals surface area contributed by atoms with E-state index in [1.807, 2.05) is 18.2 Å². The molecule has 2 heterocycles.